The van der Waals surface area contributed by atoms with Crippen molar-refractivity contribution in [3.63, 3.8) is 0 Å². The molecule has 32 heavy (non-hydrogen) atoms. The van der Waals surface area contributed by atoms with Crippen LogP contribution < -0.4 is 9.64 Å². The highest BCUT2D eigenvalue weighted by atomic mass is 79.9. The minimum absolute atomic E-state index is 0.0105. The summed E-state index contributed by atoms with van der Waals surface area (Å²) in [6.45, 7) is 2.92. The van der Waals surface area contributed by atoms with E-state index in [1.54, 1.807) is 0 Å². The lowest BCUT2D eigenvalue weighted by molar-refractivity contribution is -0.153. The molecule has 2 aliphatic heterocycles. The first kappa shape index (κ1) is 21.0. The van der Waals surface area contributed by atoms with E-state index in [2.05, 4.69) is 28.9 Å². The summed E-state index contributed by atoms with van der Waals surface area (Å²) in [6.07, 6.45) is 2.30. The minimum atomic E-state index is -1.02. The van der Waals surface area contributed by atoms with Crippen molar-refractivity contribution in [3.05, 3.63) is 106 Å². The first-order valence-electron chi connectivity index (χ1n) is 10.7. The van der Waals surface area contributed by atoms with Crippen molar-refractivity contribution in [3.8, 4) is 5.75 Å². The number of para-hydroxylation sites is 1. The molecule has 2 heterocycles. The van der Waals surface area contributed by atoms with Crippen molar-refractivity contribution in [2.45, 2.75) is 31.6 Å². The lowest BCUT2D eigenvalue weighted by atomic mass is 9.85. The van der Waals surface area contributed by atoms with Crippen LogP contribution in [0.1, 0.15) is 24.5 Å². The molecule has 3 aromatic rings. The maximum atomic E-state index is 13.9. The summed E-state index contributed by atoms with van der Waals surface area (Å²) >= 11 is 3.44. The molecule has 0 fully saturated rings. The first-order valence-corrected chi connectivity index (χ1v) is 11.5. The van der Waals surface area contributed by atoms with E-state index in [-0.39, 0.29) is 12.0 Å². The summed E-state index contributed by atoms with van der Waals surface area (Å²) in [5, 5.41) is 0. The molecular formula is C27H24BrNO3. The van der Waals surface area contributed by atoms with Crippen LogP contribution in [-0.4, -0.2) is 18.6 Å². The van der Waals surface area contributed by atoms with E-state index in [1.165, 1.54) is 0 Å². The third kappa shape index (κ3) is 3.87. The van der Waals surface area contributed by atoms with Crippen LogP contribution in [0, 0.1) is 0 Å². The van der Waals surface area contributed by atoms with Crippen LogP contribution in [-0.2, 0) is 21.7 Å². The number of benzene rings is 3. The molecule has 0 unspecified atom stereocenters. The number of hydrogen-bond acceptors (Lipinski definition) is 3. The highest BCUT2D eigenvalue weighted by Crippen LogP contribution is 2.49. The Kier molecular flexibility index (Phi) is 5.62. The number of anilines is 1. The molecule has 2 aliphatic rings. The van der Waals surface area contributed by atoms with Crippen LogP contribution in [0.15, 0.2) is 95.0 Å². The second-order valence-electron chi connectivity index (χ2n) is 8.33. The second kappa shape index (κ2) is 8.57. The van der Waals surface area contributed by atoms with Gasteiger partial charge in [-0.05, 0) is 42.8 Å². The maximum Gasteiger partial charge on any atom is 0.264 e. The molecule has 3 aromatic carbocycles. The molecule has 5 rings (SSSR count). The van der Waals surface area contributed by atoms with Gasteiger partial charge in [0.1, 0.15) is 18.5 Å². The van der Waals surface area contributed by atoms with E-state index < -0.39 is 5.60 Å². The smallest absolute Gasteiger partial charge is 0.264 e. The summed E-state index contributed by atoms with van der Waals surface area (Å²) in [5.74, 6) is 0.759. The molecule has 5 heteroatoms. The zero-order valence-electron chi connectivity index (χ0n) is 17.8. The molecule has 1 amide bonds. The van der Waals surface area contributed by atoms with E-state index in [0.29, 0.717) is 19.6 Å². The van der Waals surface area contributed by atoms with E-state index in [9.17, 15) is 4.79 Å². The van der Waals surface area contributed by atoms with Crippen LogP contribution in [0.3, 0.4) is 0 Å². The average Bonchev–Trinajstić information content (AvgIpc) is 3.02. The molecule has 0 bridgehead atoms. The summed E-state index contributed by atoms with van der Waals surface area (Å²) < 4.78 is 13.5. The Morgan fingerprint density at radius 1 is 1.03 bits per heavy atom. The van der Waals surface area contributed by atoms with E-state index in [0.717, 1.165) is 32.6 Å². The van der Waals surface area contributed by atoms with Gasteiger partial charge in [0, 0.05) is 16.5 Å². The molecule has 0 aromatic heterocycles. The fourth-order valence-corrected chi connectivity index (χ4v) is 4.86. The topological polar surface area (TPSA) is 38.8 Å². The number of nitrogens with zero attached hydrogens (tertiary/aromatic N) is 1. The monoisotopic (exact) mass is 489 g/mol. The van der Waals surface area contributed by atoms with Gasteiger partial charge in [-0.3, -0.25) is 4.79 Å². The fourth-order valence-electron chi connectivity index (χ4n) is 4.60. The van der Waals surface area contributed by atoms with Gasteiger partial charge in [0.25, 0.3) is 5.91 Å². The molecule has 4 nitrogen and oxygen atoms in total. The highest BCUT2D eigenvalue weighted by molar-refractivity contribution is 9.10. The van der Waals surface area contributed by atoms with Crippen molar-refractivity contribution in [2.24, 2.45) is 0 Å². The van der Waals surface area contributed by atoms with Gasteiger partial charge >= 0.3 is 0 Å². The number of amides is 1. The zero-order valence-corrected chi connectivity index (χ0v) is 19.4. The Balaban J connectivity index is 1.43. The van der Waals surface area contributed by atoms with Gasteiger partial charge in [-0.2, -0.15) is 0 Å². The van der Waals surface area contributed by atoms with Gasteiger partial charge in [-0.15, -0.1) is 0 Å². The van der Waals surface area contributed by atoms with E-state index in [1.807, 2.05) is 83.8 Å². The largest absolute Gasteiger partial charge is 0.491 e. The lowest BCUT2D eigenvalue weighted by Crippen LogP contribution is -2.47. The van der Waals surface area contributed by atoms with Crippen LogP contribution in [0.4, 0.5) is 5.69 Å². The summed E-state index contributed by atoms with van der Waals surface area (Å²) in [7, 11) is 0. The van der Waals surface area contributed by atoms with Crippen molar-refractivity contribution >= 4 is 27.5 Å². The number of carbonyl (C=O) groups is 1. The predicted molar refractivity (Wildman–Crippen MR) is 129 cm³/mol. The Morgan fingerprint density at radius 2 is 1.75 bits per heavy atom. The first-order chi connectivity index (χ1) is 15.5. The van der Waals surface area contributed by atoms with Crippen LogP contribution in [0.2, 0.25) is 0 Å². The number of carbonyl (C=O) groups excluding carboxylic acids is 1. The molecule has 0 saturated carbocycles. The summed E-state index contributed by atoms with van der Waals surface area (Å²) in [5.41, 5.74) is 3.06. The van der Waals surface area contributed by atoms with Gasteiger partial charge < -0.3 is 14.4 Å². The van der Waals surface area contributed by atoms with Crippen molar-refractivity contribution in [2.75, 3.05) is 11.5 Å². The summed E-state index contributed by atoms with van der Waals surface area (Å²) in [4.78, 5) is 15.7. The SMILES string of the molecule is CC1=C[C@@H](COc2ccc(Br)cc2)O[C@@]2(C1)C(=O)N(Cc1ccccc1)c1ccccc12. The highest BCUT2D eigenvalue weighted by Gasteiger charge is 2.54. The Hall–Kier alpha value is -2.89. The van der Waals surface area contributed by atoms with Crippen molar-refractivity contribution < 1.29 is 14.3 Å². The van der Waals surface area contributed by atoms with Gasteiger partial charge in [-0.25, -0.2) is 0 Å². The number of hydrogen-bond donors (Lipinski definition) is 0. The molecule has 0 radical (unpaired) electrons. The van der Waals surface area contributed by atoms with Crippen LogP contribution in [0.25, 0.3) is 0 Å². The number of rotatable bonds is 5. The molecule has 0 aliphatic carbocycles. The average molecular weight is 490 g/mol. The van der Waals surface area contributed by atoms with Gasteiger partial charge in [0.2, 0.25) is 0 Å². The van der Waals surface area contributed by atoms with Gasteiger partial charge in [0.15, 0.2) is 5.60 Å². The predicted octanol–water partition coefficient (Wildman–Crippen LogP) is 6.01. The third-order valence-electron chi connectivity index (χ3n) is 5.98. The molecular weight excluding hydrogens is 466 g/mol. The van der Waals surface area contributed by atoms with E-state index in [4.69, 9.17) is 9.47 Å². The standard InChI is InChI=1S/C27H24BrNO3/c1-19-15-23(18-31-22-13-11-21(28)12-14-22)32-27(16-19)24-9-5-6-10-25(24)29(26(27)30)17-20-7-3-2-4-8-20/h2-15,23H,16-18H2,1H3/t23-,27+/m0/s1. The summed E-state index contributed by atoms with van der Waals surface area (Å²) in [6, 6.07) is 25.8. The molecule has 2 atom stereocenters. The van der Waals surface area contributed by atoms with Crippen LogP contribution >= 0.6 is 15.9 Å². The molecule has 0 N–H and O–H groups in total. The van der Waals surface area contributed by atoms with E-state index >= 15 is 0 Å². The zero-order chi connectivity index (χ0) is 22.1. The van der Waals surface area contributed by atoms with Gasteiger partial charge in [0.05, 0.1) is 12.2 Å². The maximum absolute atomic E-state index is 13.9. The second-order valence-corrected chi connectivity index (χ2v) is 9.25. The Bertz CT molecular complexity index is 1160. The van der Waals surface area contributed by atoms with Gasteiger partial charge in [-0.1, -0.05) is 76.1 Å². The number of fused-ring (bicyclic) bond motifs is 2. The fraction of sp³-hybridized carbons (Fsp3) is 0.222. The quantitative estimate of drug-likeness (QED) is 0.412. The molecule has 0 saturated heterocycles. The number of ether oxygens (including phenoxy) is 2. The molecule has 162 valence electrons. The Morgan fingerprint density at radius 3 is 2.53 bits per heavy atom. The lowest BCUT2D eigenvalue weighted by Gasteiger charge is -2.36. The number of halogens is 1. The third-order valence-corrected chi connectivity index (χ3v) is 6.51. The van der Waals surface area contributed by atoms with Crippen molar-refractivity contribution in [1.29, 1.82) is 0 Å². The Labute approximate surface area is 196 Å². The van der Waals surface area contributed by atoms with Crippen LogP contribution in [0.5, 0.6) is 5.75 Å². The molecule has 1 spiro atoms. The van der Waals surface area contributed by atoms with Crippen molar-refractivity contribution in [1.82, 2.24) is 0 Å². The normalized spacial score (nSPS) is 22.1. The minimum Gasteiger partial charge on any atom is -0.491 e.